The van der Waals surface area contributed by atoms with Crippen molar-refractivity contribution >= 4 is 23.1 Å². The summed E-state index contributed by atoms with van der Waals surface area (Å²) in [6, 6.07) is 8.10. The first kappa shape index (κ1) is 15.0. The molecule has 3 N–H and O–H groups in total. The maximum absolute atomic E-state index is 11.1. The first-order chi connectivity index (χ1) is 10.0. The van der Waals surface area contributed by atoms with Gasteiger partial charge in [-0.15, -0.1) is 0 Å². The summed E-state index contributed by atoms with van der Waals surface area (Å²) in [6.07, 6.45) is 0. The topological polar surface area (TPSA) is 103 Å². The average molecular weight is 309 g/mol. The molecule has 0 bridgehead atoms. The molecule has 0 radical (unpaired) electrons. The van der Waals surface area contributed by atoms with Gasteiger partial charge in [0.2, 0.25) is 0 Å². The molecule has 0 fully saturated rings. The first-order valence-electron chi connectivity index (χ1n) is 6.01. The number of pyridine rings is 1. The lowest BCUT2D eigenvalue weighted by molar-refractivity contribution is -0.386. The molecule has 1 aromatic carbocycles. The number of rotatable bonds is 5. The van der Waals surface area contributed by atoms with Gasteiger partial charge in [-0.25, -0.2) is 10.8 Å². The number of benzene rings is 1. The van der Waals surface area contributed by atoms with Gasteiger partial charge in [-0.05, 0) is 25.1 Å². The lowest BCUT2D eigenvalue weighted by Crippen LogP contribution is -2.10. The Labute approximate surface area is 125 Å². The number of nitrogens with one attached hydrogen (secondary N) is 1. The van der Waals surface area contributed by atoms with Gasteiger partial charge < -0.3 is 10.2 Å². The second kappa shape index (κ2) is 6.38. The van der Waals surface area contributed by atoms with Crippen molar-refractivity contribution in [2.75, 3.05) is 5.43 Å². The van der Waals surface area contributed by atoms with Crippen LogP contribution in [0.25, 0.3) is 0 Å². The molecule has 0 unspecified atom stereocenters. The maximum Gasteiger partial charge on any atom is 0.313 e. The van der Waals surface area contributed by atoms with Crippen LogP contribution in [0.4, 0.5) is 11.5 Å². The van der Waals surface area contributed by atoms with Crippen molar-refractivity contribution in [3.63, 3.8) is 0 Å². The van der Waals surface area contributed by atoms with E-state index in [1.807, 2.05) is 0 Å². The standard InChI is InChI=1S/C13H13ClN4O3/c1-8-3-2-4-11(13(8)18(19)20)21-7-10-9(14)5-6-12(16-10)17-15/h2-6H,7,15H2,1H3,(H,16,17). The summed E-state index contributed by atoms with van der Waals surface area (Å²) in [5, 5.41) is 11.5. The van der Waals surface area contributed by atoms with E-state index in [9.17, 15) is 10.1 Å². The van der Waals surface area contributed by atoms with E-state index in [0.29, 0.717) is 22.1 Å². The van der Waals surface area contributed by atoms with Gasteiger partial charge in [-0.3, -0.25) is 10.1 Å². The van der Waals surface area contributed by atoms with Crippen molar-refractivity contribution in [1.29, 1.82) is 0 Å². The van der Waals surface area contributed by atoms with E-state index in [-0.39, 0.29) is 18.0 Å². The van der Waals surface area contributed by atoms with E-state index in [2.05, 4.69) is 10.4 Å². The zero-order valence-corrected chi connectivity index (χ0v) is 11.9. The van der Waals surface area contributed by atoms with Crippen LogP contribution in [0.1, 0.15) is 11.3 Å². The van der Waals surface area contributed by atoms with Gasteiger partial charge in [0.25, 0.3) is 0 Å². The number of para-hydroxylation sites is 1. The minimum absolute atomic E-state index is 0.00134. The van der Waals surface area contributed by atoms with Crippen molar-refractivity contribution in [3.8, 4) is 5.75 Å². The Kier molecular flexibility index (Phi) is 4.56. The predicted molar refractivity (Wildman–Crippen MR) is 79.2 cm³/mol. The Balaban J connectivity index is 2.25. The zero-order valence-electron chi connectivity index (χ0n) is 11.2. The second-order valence-corrected chi connectivity index (χ2v) is 4.64. The molecule has 2 rings (SSSR count). The number of halogens is 1. The fraction of sp³-hybridized carbons (Fsp3) is 0.154. The number of hydrazine groups is 1. The lowest BCUT2D eigenvalue weighted by atomic mass is 10.2. The number of nitro groups is 1. The summed E-state index contributed by atoms with van der Waals surface area (Å²) in [5.74, 6) is 5.87. The minimum atomic E-state index is -0.475. The molecule has 0 aliphatic heterocycles. The number of hydrogen-bond acceptors (Lipinski definition) is 6. The van der Waals surface area contributed by atoms with Crippen LogP contribution in [0, 0.1) is 17.0 Å². The van der Waals surface area contributed by atoms with Gasteiger partial charge in [0, 0.05) is 5.56 Å². The van der Waals surface area contributed by atoms with Crippen molar-refractivity contribution in [3.05, 3.63) is 56.7 Å². The van der Waals surface area contributed by atoms with E-state index in [4.69, 9.17) is 22.2 Å². The Bertz CT molecular complexity index is 678. The third-order valence-electron chi connectivity index (χ3n) is 2.81. The normalized spacial score (nSPS) is 10.2. The summed E-state index contributed by atoms with van der Waals surface area (Å²) in [6.45, 7) is 1.65. The molecular formula is C13H13ClN4O3. The number of aromatic nitrogens is 1. The summed E-state index contributed by atoms with van der Waals surface area (Å²) in [4.78, 5) is 14.7. The molecule has 7 nitrogen and oxygen atoms in total. The summed E-state index contributed by atoms with van der Waals surface area (Å²) in [7, 11) is 0. The van der Waals surface area contributed by atoms with E-state index in [1.54, 1.807) is 31.2 Å². The molecule has 0 atom stereocenters. The molecular weight excluding hydrogens is 296 g/mol. The number of nitro benzene ring substituents is 1. The summed E-state index contributed by atoms with van der Waals surface area (Å²) >= 11 is 6.01. The summed E-state index contributed by atoms with van der Waals surface area (Å²) < 4.78 is 5.49. The fourth-order valence-electron chi connectivity index (χ4n) is 1.79. The third kappa shape index (κ3) is 3.39. The molecule has 0 aliphatic rings. The van der Waals surface area contributed by atoms with Crippen LogP contribution in [0.2, 0.25) is 5.02 Å². The van der Waals surface area contributed by atoms with Gasteiger partial charge in [0.15, 0.2) is 5.75 Å². The molecule has 110 valence electrons. The number of nitrogen functional groups attached to an aromatic ring is 1. The van der Waals surface area contributed by atoms with Crippen molar-refractivity contribution in [2.45, 2.75) is 13.5 Å². The molecule has 1 aromatic heterocycles. The van der Waals surface area contributed by atoms with E-state index in [0.717, 1.165) is 0 Å². The monoisotopic (exact) mass is 308 g/mol. The Morgan fingerprint density at radius 2 is 2.19 bits per heavy atom. The highest BCUT2D eigenvalue weighted by atomic mass is 35.5. The molecule has 21 heavy (non-hydrogen) atoms. The highest BCUT2D eigenvalue weighted by Crippen LogP contribution is 2.31. The molecule has 2 aromatic rings. The van der Waals surface area contributed by atoms with Crippen molar-refractivity contribution < 1.29 is 9.66 Å². The Morgan fingerprint density at radius 3 is 2.86 bits per heavy atom. The van der Waals surface area contributed by atoms with Crippen LogP contribution in [-0.2, 0) is 6.61 Å². The van der Waals surface area contributed by atoms with Crippen LogP contribution in [0.5, 0.6) is 5.75 Å². The maximum atomic E-state index is 11.1. The van der Waals surface area contributed by atoms with Crippen LogP contribution in [-0.4, -0.2) is 9.91 Å². The van der Waals surface area contributed by atoms with Crippen LogP contribution in [0.15, 0.2) is 30.3 Å². The minimum Gasteiger partial charge on any atom is -0.480 e. The number of hydrogen-bond donors (Lipinski definition) is 2. The van der Waals surface area contributed by atoms with Gasteiger partial charge in [-0.2, -0.15) is 0 Å². The molecule has 0 amide bonds. The lowest BCUT2D eigenvalue weighted by Gasteiger charge is -2.09. The number of nitrogens with two attached hydrogens (primary N) is 1. The van der Waals surface area contributed by atoms with E-state index in [1.165, 1.54) is 6.07 Å². The number of aryl methyl sites for hydroxylation is 1. The van der Waals surface area contributed by atoms with Crippen LogP contribution in [0.3, 0.4) is 0 Å². The van der Waals surface area contributed by atoms with Crippen LogP contribution >= 0.6 is 11.6 Å². The average Bonchev–Trinajstić information content (AvgIpc) is 2.46. The highest BCUT2D eigenvalue weighted by Gasteiger charge is 2.18. The fourth-order valence-corrected chi connectivity index (χ4v) is 1.95. The van der Waals surface area contributed by atoms with Gasteiger partial charge in [-0.1, -0.05) is 23.7 Å². The summed E-state index contributed by atoms with van der Waals surface area (Å²) in [5.41, 5.74) is 3.29. The predicted octanol–water partition coefficient (Wildman–Crippen LogP) is 2.82. The Morgan fingerprint density at radius 1 is 1.43 bits per heavy atom. The largest absolute Gasteiger partial charge is 0.480 e. The van der Waals surface area contributed by atoms with Gasteiger partial charge >= 0.3 is 5.69 Å². The van der Waals surface area contributed by atoms with Gasteiger partial charge in [0.05, 0.1) is 15.6 Å². The molecule has 8 heteroatoms. The quantitative estimate of drug-likeness (QED) is 0.500. The zero-order chi connectivity index (χ0) is 15.4. The SMILES string of the molecule is Cc1cccc(OCc2nc(NN)ccc2Cl)c1[N+](=O)[O-]. The molecule has 0 saturated carbocycles. The van der Waals surface area contributed by atoms with E-state index >= 15 is 0 Å². The van der Waals surface area contributed by atoms with E-state index < -0.39 is 4.92 Å². The molecule has 1 heterocycles. The number of anilines is 1. The molecule has 0 saturated heterocycles. The second-order valence-electron chi connectivity index (χ2n) is 4.24. The smallest absolute Gasteiger partial charge is 0.313 e. The number of nitrogens with zero attached hydrogens (tertiary/aromatic N) is 2. The Hall–Kier alpha value is -2.38. The van der Waals surface area contributed by atoms with Gasteiger partial charge in [0.1, 0.15) is 12.4 Å². The van der Waals surface area contributed by atoms with Crippen molar-refractivity contribution in [2.24, 2.45) is 5.84 Å². The molecule has 0 spiro atoms. The number of ether oxygens (including phenoxy) is 1. The third-order valence-corrected chi connectivity index (χ3v) is 3.16. The molecule has 0 aliphatic carbocycles. The first-order valence-corrected chi connectivity index (χ1v) is 6.39. The highest BCUT2D eigenvalue weighted by molar-refractivity contribution is 6.31. The van der Waals surface area contributed by atoms with Crippen molar-refractivity contribution in [1.82, 2.24) is 4.98 Å². The van der Waals surface area contributed by atoms with Crippen LogP contribution < -0.4 is 16.0 Å².